The second-order valence-corrected chi connectivity index (χ2v) is 7.11. The molecule has 0 unspecified atom stereocenters. The molecule has 0 aliphatic carbocycles. The van der Waals surface area contributed by atoms with Crippen molar-refractivity contribution < 1.29 is 19.2 Å². The Hall–Kier alpha value is -2.90. The van der Waals surface area contributed by atoms with E-state index in [2.05, 4.69) is 16.0 Å². The zero-order chi connectivity index (χ0) is 19.4. The van der Waals surface area contributed by atoms with Crippen molar-refractivity contribution in [1.29, 1.82) is 0 Å². The lowest BCUT2D eigenvalue weighted by molar-refractivity contribution is -0.153. The molecule has 27 heavy (non-hydrogen) atoms. The second kappa shape index (κ2) is 7.77. The van der Waals surface area contributed by atoms with Crippen LogP contribution in [0.5, 0.6) is 0 Å². The molecule has 5 amide bonds. The van der Waals surface area contributed by atoms with E-state index in [0.717, 1.165) is 5.56 Å². The molecule has 144 valence electrons. The van der Waals surface area contributed by atoms with Crippen LogP contribution in [0.25, 0.3) is 0 Å². The first-order chi connectivity index (χ1) is 12.9. The van der Waals surface area contributed by atoms with Crippen LogP contribution < -0.4 is 16.0 Å². The number of benzene rings is 1. The van der Waals surface area contributed by atoms with Gasteiger partial charge in [0.1, 0.15) is 6.04 Å². The van der Waals surface area contributed by atoms with Crippen molar-refractivity contribution in [1.82, 2.24) is 20.9 Å². The zero-order valence-corrected chi connectivity index (χ0v) is 15.3. The van der Waals surface area contributed by atoms with Crippen LogP contribution in [0, 0.1) is 5.41 Å². The van der Waals surface area contributed by atoms with Crippen LogP contribution in [-0.4, -0.2) is 54.3 Å². The predicted octanol–water partition coefficient (Wildman–Crippen LogP) is 0.182. The van der Waals surface area contributed by atoms with Crippen LogP contribution in [0.1, 0.15) is 25.3 Å². The molecule has 0 saturated carbocycles. The van der Waals surface area contributed by atoms with Gasteiger partial charge in [-0.25, -0.2) is 4.79 Å². The Bertz CT molecular complexity index is 743. The summed E-state index contributed by atoms with van der Waals surface area (Å²) in [6.07, 6.45) is 0.972. The van der Waals surface area contributed by atoms with E-state index in [1.807, 2.05) is 37.3 Å². The van der Waals surface area contributed by atoms with Crippen molar-refractivity contribution in [3.8, 4) is 0 Å². The number of nitrogens with zero attached hydrogens (tertiary/aromatic N) is 1. The second-order valence-electron chi connectivity index (χ2n) is 7.11. The normalized spacial score (nSPS) is 20.5. The summed E-state index contributed by atoms with van der Waals surface area (Å²) in [5, 5.41) is 7.51. The van der Waals surface area contributed by atoms with E-state index in [1.54, 1.807) is 4.90 Å². The molecule has 2 aliphatic heterocycles. The molecular weight excluding hydrogens is 348 g/mol. The third kappa shape index (κ3) is 4.10. The van der Waals surface area contributed by atoms with Crippen molar-refractivity contribution in [3.63, 3.8) is 0 Å². The Labute approximate surface area is 157 Å². The Morgan fingerprint density at radius 1 is 1.22 bits per heavy atom. The van der Waals surface area contributed by atoms with E-state index in [4.69, 9.17) is 0 Å². The molecule has 8 heteroatoms. The number of carbonyl (C=O) groups is 4. The van der Waals surface area contributed by atoms with E-state index in [9.17, 15) is 19.2 Å². The number of hydrogen-bond acceptors (Lipinski definition) is 4. The molecule has 0 spiro atoms. The van der Waals surface area contributed by atoms with Crippen LogP contribution in [-0.2, 0) is 20.8 Å². The fraction of sp³-hybridized carbons (Fsp3) is 0.474. The fourth-order valence-electron chi connectivity index (χ4n) is 3.62. The average molecular weight is 372 g/mol. The molecule has 1 aromatic rings. The molecule has 1 atom stereocenters. The highest BCUT2D eigenvalue weighted by Crippen LogP contribution is 2.35. The molecular formula is C19H24N4O4. The topological polar surface area (TPSA) is 108 Å². The van der Waals surface area contributed by atoms with Crippen molar-refractivity contribution in [2.75, 3.05) is 19.6 Å². The molecule has 0 bridgehead atoms. The summed E-state index contributed by atoms with van der Waals surface area (Å²) in [6, 6.07) is 8.56. The number of carbonyl (C=O) groups excluding carboxylic acids is 4. The van der Waals surface area contributed by atoms with Crippen molar-refractivity contribution in [2.45, 2.75) is 32.2 Å². The minimum atomic E-state index is -0.666. The number of likely N-dealkylation sites (tertiary alicyclic amines) is 1. The van der Waals surface area contributed by atoms with Crippen LogP contribution in [0.3, 0.4) is 0 Å². The van der Waals surface area contributed by atoms with Crippen molar-refractivity contribution >= 4 is 23.8 Å². The molecule has 1 aromatic carbocycles. The summed E-state index contributed by atoms with van der Waals surface area (Å²) in [6.45, 7) is 3.13. The quantitative estimate of drug-likeness (QED) is 0.594. The first-order valence-electron chi connectivity index (χ1n) is 9.15. The highest BCUT2D eigenvalue weighted by Gasteiger charge is 2.50. The summed E-state index contributed by atoms with van der Waals surface area (Å²) < 4.78 is 0. The molecule has 2 fully saturated rings. The maximum atomic E-state index is 12.6. The van der Waals surface area contributed by atoms with Crippen molar-refractivity contribution in [2.24, 2.45) is 5.41 Å². The Balaban J connectivity index is 1.58. The van der Waals surface area contributed by atoms with Gasteiger partial charge in [-0.1, -0.05) is 30.3 Å². The third-order valence-electron chi connectivity index (χ3n) is 5.05. The van der Waals surface area contributed by atoms with Crippen LogP contribution in [0.15, 0.2) is 30.3 Å². The smallest absolute Gasteiger partial charge is 0.322 e. The van der Waals surface area contributed by atoms with Gasteiger partial charge in [0.2, 0.25) is 11.8 Å². The minimum Gasteiger partial charge on any atom is -0.356 e. The lowest BCUT2D eigenvalue weighted by Crippen LogP contribution is -2.65. The van der Waals surface area contributed by atoms with Gasteiger partial charge in [-0.3, -0.25) is 19.7 Å². The average Bonchev–Trinajstić information content (AvgIpc) is 2.94. The minimum absolute atomic E-state index is 0.0414. The third-order valence-corrected chi connectivity index (χ3v) is 5.05. The van der Waals surface area contributed by atoms with E-state index >= 15 is 0 Å². The van der Waals surface area contributed by atoms with Crippen LogP contribution >= 0.6 is 0 Å². The standard InChI is InChI=1S/C19H24N4O4/c1-2-20-17(26)19(10-13-6-4-3-5-7-13)11-23(12-19)15(24)9-8-14-16(25)22-18(27)21-14/h3-7,14H,2,8-12H2,1H3,(H,20,26)(H2,21,22,25,27)/t14-/m0/s1. The maximum absolute atomic E-state index is 12.6. The Morgan fingerprint density at radius 3 is 2.52 bits per heavy atom. The van der Waals surface area contributed by atoms with Gasteiger partial charge in [-0.05, 0) is 25.3 Å². The molecule has 0 radical (unpaired) electrons. The number of imide groups is 1. The number of urea groups is 1. The molecule has 2 heterocycles. The SMILES string of the molecule is CCNC(=O)C1(Cc2ccccc2)CN(C(=O)CC[C@@H]2NC(=O)NC2=O)C1. The van der Waals surface area contributed by atoms with Crippen molar-refractivity contribution in [3.05, 3.63) is 35.9 Å². The predicted molar refractivity (Wildman–Crippen MR) is 97.5 cm³/mol. The lowest BCUT2D eigenvalue weighted by atomic mass is 9.73. The largest absolute Gasteiger partial charge is 0.356 e. The van der Waals surface area contributed by atoms with Gasteiger partial charge in [-0.15, -0.1) is 0 Å². The van der Waals surface area contributed by atoms with Crippen LogP contribution in [0.4, 0.5) is 4.79 Å². The van der Waals surface area contributed by atoms with Gasteiger partial charge in [0.25, 0.3) is 5.91 Å². The van der Waals surface area contributed by atoms with Crippen LogP contribution in [0.2, 0.25) is 0 Å². The van der Waals surface area contributed by atoms with Gasteiger partial charge in [-0.2, -0.15) is 0 Å². The number of hydrogen-bond donors (Lipinski definition) is 3. The summed E-state index contributed by atoms with van der Waals surface area (Å²) in [5.41, 5.74) is 0.438. The molecule has 2 aliphatic rings. The number of rotatable bonds is 7. The lowest BCUT2D eigenvalue weighted by Gasteiger charge is -2.49. The van der Waals surface area contributed by atoms with Gasteiger partial charge in [0, 0.05) is 26.1 Å². The van der Waals surface area contributed by atoms with Gasteiger partial charge in [0.15, 0.2) is 0 Å². The first-order valence-corrected chi connectivity index (χ1v) is 9.15. The summed E-state index contributed by atoms with van der Waals surface area (Å²) in [7, 11) is 0. The molecule has 8 nitrogen and oxygen atoms in total. The van der Waals surface area contributed by atoms with E-state index in [0.29, 0.717) is 26.1 Å². The molecule has 0 aromatic heterocycles. The zero-order valence-electron chi connectivity index (χ0n) is 15.3. The molecule has 3 N–H and O–H groups in total. The Morgan fingerprint density at radius 2 is 1.93 bits per heavy atom. The van der Waals surface area contributed by atoms with Gasteiger partial charge >= 0.3 is 6.03 Å². The van der Waals surface area contributed by atoms with Gasteiger partial charge in [0.05, 0.1) is 5.41 Å². The molecule has 2 saturated heterocycles. The number of nitrogens with one attached hydrogen (secondary N) is 3. The number of amides is 5. The summed E-state index contributed by atoms with van der Waals surface area (Å²) in [4.78, 5) is 49.4. The summed E-state index contributed by atoms with van der Waals surface area (Å²) >= 11 is 0. The highest BCUT2D eigenvalue weighted by atomic mass is 16.2. The first kappa shape index (κ1) is 18.9. The monoisotopic (exact) mass is 372 g/mol. The molecule has 3 rings (SSSR count). The fourth-order valence-corrected chi connectivity index (χ4v) is 3.62. The van der Waals surface area contributed by atoms with Gasteiger partial charge < -0.3 is 15.5 Å². The van der Waals surface area contributed by atoms with E-state index in [-0.39, 0.29) is 24.7 Å². The Kier molecular flexibility index (Phi) is 5.43. The maximum Gasteiger partial charge on any atom is 0.322 e. The van der Waals surface area contributed by atoms with E-state index in [1.165, 1.54) is 0 Å². The van der Waals surface area contributed by atoms with E-state index < -0.39 is 23.4 Å². The summed E-state index contributed by atoms with van der Waals surface area (Å²) in [5.74, 6) is -0.561. The highest BCUT2D eigenvalue weighted by molar-refractivity contribution is 6.04.